The van der Waals surface area contributed by atoms with E-state index in [4.69, 9.17) is 9.57 Å². The normalized spacial score (nSPS) is 35.0. The number of oxime groups is 1. The first-order valence-electron chi connectivity index (χ1n) is 17.7. The summed E-state index contributed by atoms with van der Waals surface area (Å²) in [6.07, 6.45) is 15.3. The lowest BCUT2D eigenvalue weighted by Crippen LogP contribution is -2.61. The van der Waals surface area contributed by atoms with Crippen LogP contribution in [0.2, 0.25) is 0 Å². The highest BCUT2D eigenvalue weighted by Crippen LogP contribution is 2.50. The standard InChI is InChI=1S/C35H60N4O4/c1-6-7-13-34(25-28-8-10-29(11-9-28)37-42-5)14-15-35(43-32(34)41)18-23-39(24-19-35)33(4)16-21-38(22-17-33)31(40)30-26(2)12-20-36-27(30)3/h26-28,30,36H,6-25H2,1-5H3. The summed E-state index contributed by atoms with van der Waals surface area (Å²) in [6, 6.07) is 0.257. The molecule has 1 N–H and O–H groups in total. The molecule has 0 bridgehead atoms. The van der Waals surface area contributed by atoms with Gasteiger partial charge in [0.25, 0.3) is 0 Å². The summed E-state index contributed by atoms with van der Waals surface area (Å²) in [5, 5.41) is 7.71. The van der Waals surface area contributed by atoms with Crippen molar-refractivity contribution in [1.29, 1.82) is 0 Å². The maximum absolute atomic E-state index is 13.9. The maximum Gasteiger partial charge on any atom is 0.312 e. The molecule has 5 aliphatic rings. The lowest BCUT2D eigenvalue weighted by Gasteiger charge is -2.54. The first kappa shape index (κ1) is 32.7. The van der Waals surface area contributed by atoms with Crippen molar-refractivity contribution in [3.8, 4) is 0 Å². The Kier molecular flexibility index (Phi) is 10.5. The summed E-state index contributed by atoms with van der Waals surface area (Å²) in [5.41, 5.74) is 0.667. The van der Waals surface area contributed by atoms with Gasteiger partial charge < -0.3 is 19.8 Å². The van der Waals surface area contributed by atoms with E-state index >= 15 is 0 Å². The summed E-state index contributed by atoms with van der Waals surface area (Å²) >= 11 is 0. The number of piperidine rings is 3. The molecule has 0 radical (unpaired) electrons. The molecule has 8 heteroatoms. The predicted molar refractivity (Wildman–Crippen MR) is 171 cm³/mol. The molecule has 4 aliphatic heterocycles. The summed E-state index contributed by atoms with van der Waals surface area (Å²) < 4.78 is 6.57. The van der Waals surface area contributed by atoms with E-state index in [0.717, 1.165) is 135 Å². The van der Waals surface area contributed by atoms with Gasteiger partial charge >= 0.3 is 5.97 Å². The van der Waals surface area contributed by atoms with Crippen molar-refractivity contribution in [2.75, 3.05) is 39.8 Å². The van der Waals surface area contributed by atoms with E-state index in [-0.39, 0.29) is 34.5 Å². The van der Waals surface area contributed by atoms with Crippen molar-refractivity contribution >= 4 is 17.6 Å². The molecule has 1 amide bonds. The molecule has 4 saturated heterocycles. The highest BCUT2D eigenvalue weighted by molar-refractivity contribution is 5.84. The van der Waals surface area contributed by atoms with Crippen LogP contribution >= 0.6 is 0 Å². The SMILES string of the molecule is CCCCC1(CC2CCC(=NOC)CC2)CCC2(CCN(C3(C)CCN(C(=O)C4C(C)CCNC4C)CC3)CC2)OC1=O. The Morgan fingerprint density at radius 3 is 2.33 bits per heavy atom. The molecule has 4 unspecified atom stereocenters. The van der Waals surface area contributed by atoms with Crippen LogP contribution in [0.1, 0.15) is 124 Å². The Labute approximate surface area is 261 Å². The summed E-state index contributed by atoms with van der Waals surface area (Å²) in [5.74, 6) is 1.55. The van der Waals surface area contributed by atoms with Crippen molar-refractivity contribution in [2.45, 2.75) is 141 Å². The molecule has 5 fully saturated rings. The average molecular weight is 601 g/mol. The van der Waals surface area contributed by atoms with Gasteiger partial charge in [-0.15, -0.1) is 0 Å². The lowest BCUT2D eigenvalue weighted by atomic mass is 9.65. The van der Waals surface area contributed by atoms with Crippen LogP contribution in [0, 0.1) is 23.2 Å². The summed E-state index contributed by atoms with van der Waals surface area (Å²) in [7, 11) is 1.62. The maximum atomic E-state index is 13.9. The molecule has 244 valence electrons. The number of ether oxygens (including phenoxy) is 1. The van der Waals surface area contributed by atoms with E-state index < -0.39 is 0 Å². The van der Waals surface area contributed by atoms with Gasteiger partial charge in [-0.25, -0.2) is 0 Å². The Morgan fingerprint density at radius 1 is 1.02 bits per heavy atom. The van der Waals surface area contributed by atoms with Gasteiger partial charge in [-0.3, -0.25) is 14.5 Å². The molecule has 0 aromatic heterocycles. The molecule has 1 spiro atoms. The van der Waals surface area contributed by atoms with Gasteiger partial charge in [0, 0.05) is 37.8 Å². The molecule has 1 saturated carbocycles. The second-order valence-electron chi connectivity index (χ2n) is 15.3. The topological polar surface area (TPSA) is 83.5 Å². The molecule has 43 heavy (non-hydrogen) atoms. The predicted octanol–water partition coefficient (Wildman–Crippen LogP) is 5.93. The largest absolute Gasteiger partial charge is 0.459 e. The number of carbonyl (C=O) groups is 2. The van der Waals surface area contributed by atoms with Gasteiger partial charge in [0.05, 0.1) is 17.0 Å². The third kappa shape index (κ3) is 7.10. The van der Waals surface area contributed by atoms with Crippen molar-refractivity contribution in [3.63, 3.8) is 0 Å². The number of nitrogens with one attached hydrogen (secondary N) is 1. The minimum absolute atomic E-state index is 0.0932. The van der Waals surface area contributed by atoms with Crippen LogP contribution in [0.15, 0.2) is 5.16 Å². The molecule has 8 nitrogen and oxygen atoms in total. The zero-order valence-corrected chi connectivity index (χ0v) is 27.9. The Morgan fingerprint density at radius 2 is 1.72 bits per heavy atom. The van der Waals surface area contributed by atoms with E-state index in [2.05, 4.69) is 48.0 Å². The van der Waals surface area contributed by atoms with E-state index in [1.807, 2.05) is 0 Å². The number of unbranched alkanes of at least 4 members (excludes halogenated alkanes) is 1. The molecule has 5 rings (SSSR count). The summed E-state index contributed by atoms with van der Waals surface area (Å²) in [6.45, 7) is 13.7. The van der Waals surface area contributed by atoms with E-state index in [1.54, 1.807) is 7.11 Å². The third-order valence-corrected chi connectivity index (χ3v) is 12.5. The Bertz CT molecular complexity index is 980. The van der Waals surface area contributed by atoms with E-state index in [9.17, 15) is 9.59 Å². The van der Waals surface area contributed by atoms with E-state index in [1.165, 1.54) is 0 Å². The number of hydrogen-bond acceptors (Lipinski definition) is 7. The lowest BCUT2D eigenvalue weighted by molar-refractivity contribution is -0.197. The first-order chi connectivity index (χ1) is 20.6. The van der Waals surface area contributed by atoms with Gasteiger partial charge in [0.2, 0.25) is 5.91 Å². The summed E-state index contributed by atoms with van der Waals surface area (Å²) in [4.78, 5) is 37.2. The van der Waals surface area contributed by atoms with Crippen molar-refractivity contribution < 1.29 is 19.2 Å². The smallest absolute Gasteiger partial charge is 0.312 e. The van der Waals surface area contributed by atoms with Crippen molar-refractivity contribution in [1.82, 2.24) is 15.1 Å². The number of amides is 1. The van der Waals surface area contributed by atoms with Gasteiger partial charge in [0.1, 0.15) is 12.7 Å². The molecular weight excluding hydrogens is 540 g/mol. The molecule has 0 aromatic carbocycles. The molecule has 0 aromatic rings. The Balaban J connectivity index is 1.14. The Hall–Kier alpha value is -1.67. The van der Waals surface area contributed by atoms with E-state index in [0.29, 0.717) is 17.7 Å². The first-order valence-corrected chi connectivity index (χ1v) is 17.7. The fourth-order valence-corrected chi connectivity index (χ4v) is 9.28. The van der Waals surface area contributed by atoms with Gasteiger partial charge in [0.15, 0.2) is 0 Å². The van der Waals surface area contributed by atoms with Crippen LogP contribution in [0.25, 0.3) is 0 Å². The fourth-order valence-electron chi connectivity index (χ4n) is 9.28. The number of hydrogen-bond donors (Lipinski definition) is 1. The highest BCUT2D eigenvalue weighted by atomic mass is 16.6. The molecular formula is C35H60N4O4. The number of likely N-dealkylation sites (tertiary alicyclic amines) is 2. The average Bonchev–Trinajstić information content (AvgIpc) is 3.00. The molecule has 4 atom stereocenters. The fraction of sp³-hybridized carbons (Fsp3) is 0.914. The molecule has 1 aliphatic carbocycles. The van der Waals surface area contributed by atoms with Crippen LogP contribution < -0.4 is 5.32 Å². The van der Waals surface area contributed by atoms with Crippen LogP contribution in [-0.2, 0) is 19.2 Å². The van der Waals surface area contributed by atoms with Crippen molar-refractivity contribution in [2.24, 2.45) is 28.3 Å². The second-order valence-corrected chi connectivity index (χ2v) is 15.3. The van der Waals surface area contributed by atoms with Crippen LogP contribution in [0.5, 0.6) is 0 Å². The highest BCUT2D eigenvalue weighted by Gasteiger charge is 2.53. The number of carbonyl (C=O) groups excluding carboxylic acids is 2. The monoisotopic (exact) mass is 600 g/mol. The van der Waals surface area contributed by atoms with Crippen LogP contribution in [0.3, 0.4) is 0 Å². The quantitative estimate of drug-likeness (QED) is 0.275. The van der Waals surface area contributed by atoms with Crippen LogP contribution in [0.4, 0.5) is 0 Å². The third-order valence-electron chi connectivity index (χ3n) is 12.5. The number of esters is 1. The zero-order valence-electron chi connectivity index (χ0n) is 27.9. The minimum atomic E-state index is -0.312. The number of nitrogens with zero attached hydrogens (tertiary/aromatic N) is 3. The van der Waals surface area contributed by atoms with Crippen molar-refractivity contribution in [3.05, 3.63) is 0 Å². The second kappa shape index (κ2) is 13.8. The zero-order chi connectivity index (χ0) is 30.7. The minimum Gasteiger partial charge on any atom is -0.459 e. The van der Waals surface area contributed by atoms with Gasteiger partial charge in [-0.1, -0.05) is 31.8 Å². The number of rotatable bonds is 8. The molecule has 4 heterocycles. The van der Waals surface area contributed by atoms with Gasteiger partial charge in [-0.05, 0) is 116 Å². The van der Waals surface area contributed by atoms with Gasteiger partial charge in [-0.2, -0.15) is 0 Å². The van der Waals surface area contributed by atoms with Crippen LogP contribution in [-0.4, -0.2) is 84.4 Å².